The second-order valence-corrected chi connectivity index (χ2v) is 7.47. The van der Waals surface area contributed by atoms with E-state index in [9.17, 15) is 9.59 Å². The van der Waals surface area contributed by atoms with Crippen LogP contribution < -0.4 is 5.56 Å². The van der Waals surface area contributed by atoms with Crippen LogP contribution in [0.25, 0.3) is 11.3 Å². The van der Waals surface area contributed by atoms with Crippen molar-refractivity contribution in [2.24, 2.45) is 5.92 Å². The van der Waals surface area contributed by atoms with Gasteiger partial charge in [0.2, 0.25) is 0 Å². The van der Waals surface area contributed by atoms with Gasteiger partial charge in [0.25, 0.3) is 0 Å². The van der Waals surface area contributed by atoms with Crippen molar-refractivity contribution < 1.29 is 18.8 Å². The molecule has 3 rings (SSSR count). The fourth-order valence-corrected chi connectivity index (χ4v) is 3.21. The van der Waals surface area contributed by atoms with Crippen LogP contribution in [0.2, 0.25) is 5.02 Å². The second-order valence-electron chi connectivity index (χ2n) is 7.09. The molecule has 1 aliphatic rings. The average molecular weight is 445 g/mol. The normalized spacial score (nSPS) is 15.7. The zero-order chi connectivity index (χ0) is 20.1. The van der Waals surface area contributed by atoms with Crippen LogP contribution >= 0.6 is 24.0 Å². The molecule has 1 aromatic carbocycles. The van der Waals surface area contributed by atoms with Crippen LogP contribution in [-0.4, -0.2) is 54.6 Å². The molecule has 0 radical (unpaired) electrons. The molecule has 0 saturated carbocycles. The highest BCUT2D eigenvalue weighted by molar-refractivity contribution is 6.32. The summed E-state index contributed by atoms with van der Waals surface area (Å²) in [6, 6.07) is 9.19. The minimum absolute atomic E-state index is 0. The lowest BCUT2D eigenvalue weighted by Gasteiger charge is -2.30. The average Bonchev–Trinajstić information content (AvgIpc) is 2.97. The molecule has 29 heavy (non-hydrogen) atoms. The van der Waals surface area contributed by atoms with Gasteiger partial charge in [0.05, 0.1) is 25.7 Å². The van der Waals surface area contributed by atoms with Gasteiger partial charge in [-0.2, -0.15) is 4.74 Å². The van der Waals surface area contributed by atoms with E-state index in [0.717, 1.165) is 13.1 Å². The van der Waals surface area contributed by atoms with Gasteiger partial charge < -0.3 is 14.0 Å². The molecule has 1 aliphatic heterocycles. The predicted octanol–water partition coefficient (Wildman–Crippen LogP) is 3.08. The van der Waals surface area contributed by atoms with E-state index in [4.69, 9.17) is 25.6 Å². The quantitative estimate of drug-likeness (QED) is 0.610. The van der Waals surface area contributed by atoms with Crippen molar-refractivity contribution in [3.63, 3.8) is 0 Å². The number of hydrogen-bond acceptors (Lipinski definition) is 6. The van der Waals surface area contributed by atoms with Gasteiger partial charge in [-0.1, -0.05) is 55.8 Å². The highest BCUT2D eigenvalue weighted by Gasteiger charge is 2.25. The molecule has 7 nitrogen and oxygen atoms in total. The lowest BCUT2D eigenvalue weighted by atomic mass is 10.2. The first kappa shape index (κ1) is 23.5. The Morgan fingerprint density at radius 2 is 1.83 bits per heavy atom. The summed E-state index contributed by atoms with van der Waals surface area (Å²) in [4.78, 5) is 26.9. The highest BCUT2D eigenvalue weighted by Crippen LogP contribution is 2.25. The number of nitrogens with zero attached hydrogens (tertiary/aromatic N) is 2. The van der Waals surface area contributed by atoms with Crippen molar-refractivity contribution in [2.45, 2.75) is 26.5 Å². The zero-order valence-electron chi connectivity index (χ0n) is 16.5. The molecule has 1 aromatic heterocycles. The first-order valence-corrected chi connectivity index (χ1v) is 9.79. The Labute approximate surface area is 180 Å². The third kappa shape index (κ3) is 6.09. The molecule has 0 amide bonds. The van der Waals surface area contributed by atoms with Gasteiger partial charge in [-0.05, 0) is 0 Å². The Balaban J connectivity index is 0.00000300. The van der Waals surface area contributed by atoms with Gasteiger partial charge in [-0.3, -0.25) is 14.5 Å². The maximum atomic E-state index is 12.6. The smallest absolute Gasteiger partial charge is 0.308 e. The fraction of sp³-hybridized carbons (Fsp3) is 0.500. The number of morpholine rings is 1. The predicted molar refractivity (Wildman–Crippen MR) is 113 cm³/mol. The number of ether oxygens (including phenoxy) is 2. The molecule has 2 aromatic rings. The summed E-state index contributed by atoms with van der Waals surface area (Å²) in [6.07, 6.45) is -0.531. The third-order valence-corrected chi connectivity index (χ3v) is 4.87. The van der Waals surface area contributed by atoms with Crippen molar-refractivity contribution in [3.05, 3.63) is 45.7 Å². The summed E-state index contributed by atoms with van der Waals surface area (Å²) in [5.41, 5.74) is 0.278. The van der Waals surface area contributed by atoms with E-state index in [1.165, 1.54) is 4.74 Å². The van der Waals surface area contributed by atoms with Crippen LogP contribution in [0.3, 0.4) is 0 Å². The van der Waals surface area contributed by atoms with Crippen molar-refractivity contribution in [1.82, 2.24) is 9.64 Å². The lowest BCUT2D eigenvalue weighted by Crippen LogP contribution is -2.44. The Bertz CT molecular complexity index is 844. The molecule has 2 heterocycles. The lowest BCUT2D eigenvalue weighted by molar-refractivity contribution is -0.155. The molecular weight excluding hydrogens is 419 g/mol. The number of aromatic nitrogens is 1. The molecular formula is C20H26Cl2N2O5. The fourth-order valence-electron chi connectivity index (χ4n) is 2.98. The number of carbonyl (C=O) groups is 1. The molecule has 1 unspecified atom stereocenters. The Morgan fingerprint density at radius 1 is 1.17 bits per heavy atom. The third-order valence-electron chi connectivity index (χ3n) is 4.54. The minimum atomic E-state index is -0.531. The van der Waals surface area contributed by atoms with Crippen LogP contribution in [0, 0.1) is 5.92 Å². The molecule has 0 bridgehead atoms. The molecule has 9 heteroatoms. The van der Waals surface area contributed by atoms with E-state index < -0.39 is 11.7 Å². The Hall–Kier alpha value is -1.80. The molecule has 1 atom stereocenters. The van der Waals surface area contributed by atoms with Gasteiger partial charge >= 0.3 is 11.5 Å². The van der Waals surface area contributed by atoms with Crippen LogP contribution in [0.15, 0.2) is 39.6 Å². The van der Waals surface area contributed by atoms with Crippen LogP contribution in [0.1, 0.15) is 13.8 Å². The highest BCUT2D eigenvalue weighted by atomic mass is 35.5. The van der Waals surface area contributed by atoms with E-state index in [1.54, 1.807) is 13.8 Å². The van der Waals surface area contributed by atoms with Crippen molar-refractivity contribution in [1.29, 1.82) is 0 Å². The number of benzene rings is 1. The molecule has 0 N–H and O–H groups in total. The summed E-state index contributed by atoms with van der Waals surface area (Å²) in [5, 5.41) is 0.0199. The Morgan fingerprint density at radius 3 is 2.45 bits per heavy atom. The zero-order valence-corrected chi connectivity index (χ0v) is 18.1. The van der Waals surface area contributed by atoms with Crippen LogP contribution in [0.4, 0.5) is 0 Å². The van der Waals surface area contributed by atoms with E-state index in [0.29, 0.717) is 31.1 Å². The SMILES string of the molecule is CC(C)C(=O)OC(CN1CCOCC1)Cn1oc(-c2ccccc2)c(Cl)c1=O.Cl. The molecule has 0 spiro atoms. The van der Waals surface area contributed by atoms with Crippen LogP contribution in [0.5, 0.6) is 0 Å². The van der Waals surface area contributed by atoms with E-state index in [2.05, 4.69) is 4.90 Å². The first-order chi connectivity index (χ1) is 13.5. The number of rotatable bonds is 7. The number of hydrogen-bond donors (Lipinski definition) is 0. The number of carbonyl (C=O) groups excluding carboxylic acids is 1. The van der Waals surface area contributed by atoms with Crippen molar-refractivity contribution in [2.75, 3.05) is 32.8 Å². The van der Waals surface area contributed by atoms with E-state index in [1.807, 2.05) is 30.3 Å². The summed E-state index contributed by atoms with van der Waals surface area (Å²) >= 11 is 6.22. The largest absolute Gasteiger partial charge is 0.459 e. The Kier molecular flexibility index (Phi) is 8.77. The molecule has 160 valence electrons. The van der Waals surface area contributed by atoms with Gasteiger partial charge in [-0.15, -0.1) is 12.4 Å². The summed E-state index contributed by atoms with van der Waals surface area (Å²) in [7, 11) is 0. The van der Waals surface area contributed by atoms with Gasteiger partial charge in [0, 0.05) is 25.2 Å². The summed E-state index contributed by atoms with van der Waals surface area (Å²) in [6.45, 7) is 6.91. The van der Waals surface area contributed by atoms with Crippen LogP contribution in [-0.2, 0) is 20.8 Å². The summed E-state index contributed by atoms with van der Waals surface area (Å²) in [5.74, 6) is -0.260. The molecule has 1 fully saturated rings. The van der Waals surface area contributed by atoms with E-state index in [-0.39, 0.29) is 35.9 Å². The van der Waals surface area contributed by atoms with Gasteiger partial charge in [-0.25, -0.2) is 0 Å². The van der Waals surface area contributed by atoms with Gasteiger partial charge in [0.15, 0.2) is 10.8 Å². The van der Waals surface area contributed by atoms with Crippen molar-refractivity contribution in [3.8, 4) is 11.3 Å². The minimum Gasteiger partial charge on any atom is -0.459 e. The first-order valence-electron chi connectivity index (χ1n) is 9.41. The second kappa shape index (κ2) is 10.8. The maximum absolute atomic E-state index is 12.6. The molecule has 1 saturated heterocycles. The van der Waals surface area contributed by atoms with Crippen molar-refractivity contribution >= 4 is 30.0 Å². The molecule has 0 aliphatic carbocycles. The van der Waals surface area contributed by atoms with E-state index >= 15 is 0 Å². The number of esters is 1. The topological polar surface area (TPSA) is 73.9 Å². The monoisotopic (exact) mass is 444 g/mol. The summed E-state index contributed by atoms with van der Waals surface area (Å²) < 4.78 is 17.9. The van der Waals surface area contributed by atoms with Gasteiger partial charge in [0.1, 0.15) is 6.10 Å². The number of halogens is 2. The maximum Gasteiger partial charge on any atom is 0.308 e. The standard InChI is InChI=1S/C20H25ClN2O5.ClH/c1-14(2)20(25)27-16(12-22-8-10-26-11-9-22)13-23-19(24)17(21)18(28-23)15-6-4-3-5-7-15;/h3-7,14,16H,8-13H2,1-2H3;1H.